The average molecular weight is 497 g/mol. The van der Waals surface area contributed by atoms with Crippen molar-refractivity contribution in [2.24, 2.45) is 0 Å². The van der Waals surface area contributed by atoms with Crippen LogP contribution in [-0.2, 0) is 0 Å². The molecule has 1 aliphatic rings. The van der Waals surface area contributed by atoms with Gasteiger partial charge in [0.05, 0.1) is 46.3 Å². The number of halogens is 1. The third-order valence-corrected chi connectivity index (χ3v) is 6.13. The normalized spacial score (nSPS) is 15.7. The fourth-order valence-electron chi connectivity index (χ4n) is 3.87. The summed E-state index contributed by atoms with van der Waals surface area (Å²) < 4.78 is 6.00. The number of nitrogens with one attached hydrogen (secondary N) is 5. The molecule has 0 bridgehead atoms. The highest BCUT2D eigenvalue weighted by atomic mass is 79.9. The molecule has 2 aromatic carbocycles. The number of fused-ring (bicyclic) bond motifs is 2. The van der Waals surface area contributed by atoms with Gasteiger partial charge in [-0.25, -0.2) is 0 Å². The number of anilines is 3. The molecule has 0 saturated carbocycles. The van der Waals surface area contributed by atoms with Crippen LogP contribution in [-0.4, -0.2) is 33.9 Å². The highest BCUT2D eigenvalue weighted by Crippen LogP contribution is 2.38. The molecule has 0 saturated heterocycles. The summed E-state index contributed by atoms with van der Waals surface area (Å²) in [6.07, 6.45) is 2.14. The topological polar surface area (TPSA) is 127 Å². The molecule has 10 heteroatoms. The Balaban J connectivity index is 1.36. The monoisotopic (exact) mass is 496 g/mol. The first kappa shape index (κ1) is 20.4. The fourth-order valence-corrected chi connectivity index (χ4v) is 4.43. The quantitative estimate of drug-likeness (QED) is 0.240. The third kappa shape index (κ3) is 3.67. The Morgan fingerprint density at radius 3 is 2.81 bits per heavy atom. The van der Waals surface area contributed by atoms with Gasteiger partial charge in [0.2, 0.25) is 0 Å². The minimum absolute atomic E-state index is 0.221. The molecule has 0 fully saturated rings. The van der Waals surface area contributed by atoms with E-state index in [4.69, 9.17) is 4.74 Å². The van der Waals surface area contributed by atoms with Gasteiger partial charge in [0, 0.05) is 23.8 Å². The molecule has 0 spiro atoms. The lowest BCUT2D eigenvalue weighted by molar-refractivity contribution is 0.191. The molecule has 9 nitrogen and oxygen atoms in total. The van der Waals surface area contributed by atoms with Crippen LogP contribution in [0, 0.1) is 0 Å². The molecule has 6 N–H and O–H groups in total. The number of H-pyrrole nitrogens is 2. The maximum Gasteiger partial charge on any atom is 0.257 e. The van der Waals surface area contributed by atoms with Crippen molar-refractivity contribution in [3.8, 4) is 5.75 Å². The van der Waals surface area contributed by atoms with E-state index in [-0.39, 0.29) is 12.1 Å². The Labute approximate surface area is 191 Å². The van der Waals surface area contributed by atoms with Crippen LogP contribution in [0.3, 0.4) is 0 Å². The van der Waals surface area contributed by atoms with E-state index in [1.165, 1.54) is 0 Å². The number of aliphatic hydroxyl groups is 1. The fraction of sp³-hybridized carbons (Fsp3) is 0.182. The van der Waals surface area contributed by atoms with Crippen molar-refractivity contribution in [1.82, 2.24) is 15.2 Å². The first-order chi connectivity index (χ1) is 15.5. The summed E-state index contributed by atoms with van der Waals surface area (Å²) in [5.41, 5.74) is 4.32. The van der Waals surface area contributed by atoms with Crippen molar-refractivity contribution in [3.05, 3.63) is 74.7 Å². The van der Waals surface area contributed by atoms with Gasteiger partial charge in [-0.2, -0.15) is 5.10 Å². The zero-order chi connectivity index (χ0) is 22.2. The van der Waals surface area contributed by atoms with Crippen LogP contribution in [0.2, 0.25) is 0 Å². The third-order valence-electron chi connectivity index (χ3n) is 5.51. The van der Waals surface area contributed by atoms with Crippen LogP contribution in [0.1, 0.15) is 23.4 Å². The van der Waals surface area contributed by atoms with Crippen LogP contribution >= 0.6 is 15.9 Å². The second-order valence-corrected chi connectivity index (χ2v) is 8.36. The lowest BCUT2D eigenvalue weighted by Crippen LogP contribution is -2.26. The molecule has 32 heavy (non-hydrogen) atoms. The Morgan fingerprint density at radius 2 is 2.03 bits per heavy atom. The molecule has 4 aromatic rings. The summed E-state index contributed by atoms with van der Waals surface area (Å²) in [7, 11) is 1.59. The molecule has 5 rings (SSSR count). The minimum Gasteiger partial charge on any atom is -0.496 e. The number of ether oxygens (including phenoxy) is 1. The number of rotatable bonds is 6. The Kier molecular flexibility index (Phi) is 5.24. The molecule has 0 aliphatic carbocycles. The van der Waals surface area contributed by atoms with Crippen LogP contribution in [0.15, 0.2) is 58.1 Å². The first-order valence-corrected chi connectivity index (χ1v) is 10.8. The molecule has 1 unspecified atom stereocenters. The summed E-state index contributed by atoms with van der Waals surface area (Å²) in [6.45, 7) is 0.226. The number of benzene rings is 2. The predicted octanol–water partition coefficient (Wildman–Crippen LogP) is 3.70. The molecular formula is C22H21BrN6O3. The van der Waals surface area contributed by atoms with Crippen molar-refractivity contribution in [2.45, 2.75) is 12.3 Å². The average Bonchev–Trinajstić information content (AvgIpc) is 3.41. The number of nitrogens with zero attached hydrogens (tertiary/aromatic N) is 1. The van der Waals surface area contributed by atoms with Gasteiger partial charge in [0.15, 0.2) is 0 Å². The molecule has 3 heterocycles. The number of aromatic amines is 2. The smallest absolute Gasteiger partial charge is 0.257 e. The van der Waals surface area contributed by atoms with Crippen LogP contribution in [0.5, 0.6) is 5.75 Å². The molecule has 0 radical (unpaired) electrons. The lowest BCUT2D eigenvalue weighted by atomic mass is 10.1. The summed E-state index contributed by atoms with van der Waals surface area (Å²) >= 11 is 3.44. The first-order valence-electron chi connectivity index (χ1n) is 10.0. The van der Waals surface area contributed by atoms with Gasteiger partial charge in [-0.15, -0.1) is 0 Å². The molecule has 2 aromatic heterocycles. The second-order valence-electron chi connectivity index (χ2n) is 7.50. The number of aliphatic hydroxyl groups excluding tert-OH is 1. The lowest BCUT2D eigenvalue weighted by Gasteiger charge is -2.19. The number of methoxy groups -OCH3 is 1. The van der Waals surface area contributed by atoms with Gasteiger partial charge >= 0.3 is 0 Å². The van der Waals surface area contributed by atoms with E-state index in [2.05, 4.69) is 47.1 Å². The number of pyridine rings is 1. The Bertz CT molecular complexity index is 1310. The number of hydrogen-bond donors (Lipinski definition) is 6. The minimum atomic E-state index is -0.778. The Morgan fingerprint density at radius 1 is 1.22 bits per heavy atom. The maximum atomic E-state index is 12.7. The highest BCUT2D eigenvalue weighted by molar-refractivity contribution is 9.10. The van der Waals surface area contributed by atoms with E-state index in [1.54, 1.807) is 31.6 Å². The highest BCUT2D eigenvalue weighted by Gasteiger charge is 2.26. The zero-order valence-electron chi connectivity index (χ0n) is 17.1. The zero-order valence-corrected chi connectivity index (χ0v) is 18.7. The number of aromatic nitrogens is 3. The van der Waals surface area contributed by atoms with Crippen molar-refractivity contribution >= 4 is 43.9 Å². The second kappa shape index (κ2) is 8.21. The van der Waals surface area contributed by atoms with Gasteiger partial charge in [0.1, 0.15) is 11.9 Å². The van der Waals surface area contributed by atoms with Crippen molar-refractivity contribution in [2.75, 3.05) is 29.6 Å². The van der Waals surface area contributed by atoms with E-state index in [0.29, 0.717) is 17.0 Å². The maximum absolute atomic E-state index is 12.7. The van der Waals surface area contributed by atoms with Crippen LogP contribution in [0.25, 0.3) is 10.9 Å². The SMILES string of the molecule is COc1ccc([C@@H](O)CNc2cc[nH]c(=O)c2C2Nc3cc4cn[nH]c4cc3N2)cc1Br. The van der Waals surface area contributed by atoms with Crippen molar-refractivity contribution in [1.29, 1.82) is 0 Å². The molecule has 0 amide bonds. The van der Waals surface area contributed by atoms with E-state index >= 15 is 0 Å². The van der Waals surface area contributed by atoms with Crippen molar-refractivity contribution < 1.29 is 9.84 Å². The Hall–Kier alpha value is -3.50. The van der Waals surface area contributed by atoms with Gasteiger partial charge in [-0.1, -0.05) is 6.07 Å². The van der Waals surface area contributed by atoms with E-state index in [9.17, 15) is 9.90 Å². The van der Waals surface area contributed by atoms with Gasteiger partial charge in [-0.05, 0) is 51.8 Å². The van der Waals surface area contributed by atoms with E-state index in [0.717, 1.165) is 32.3 Å². The molecule has 1 aliphatic heterocycles. The van der Waals surface area contributed by atoms with Crippen molar-refractivity contribution in [3.63, 3.8) is 0 Å². The largest absolute Gasteiger partial charge is 0.496 e. The summed E-state index contributed by atoms with van der Waals surface area (Å²) in [4.78, 5) is 15.5. The van der Waals surface area contributed by atoms with Crippen LogP contribution in [0.4, 0.5) is 17.1 Å². The summed E-state index contributed by atoms with van der Waals surface area (Å²) in [6, 6.07) is 11.1. The summed E-state index contributed by atoms with van der Waals surface area (Å²) in [5.74, 6) is 0.691. The predicted molar refractivity (Wildman–Crippen MR) is 127 cm³/mol. The van der Waals surface area contributed by atoms with Gasteiger partial charge in [0.25, 0.3) is 5.56 Å². The summed E-state index contributed by atoms with van der Waals surface area (Å²) in [5, 5.41) is 28.6. The van der Waals surface area contributed by atoms with Gasteiger partial charge < -0.3 is 30.8 Å². The van der Waals surface area contributed by atoms with Gasteiger partial charge in [-0.3, -0.25) is 9.89 Å². The molecular weight excluding hydrogens is 476 g/mol. The molecule has 2 atom stereocenters. The number of hydrogen-bond acceptors (Lipinski definition) is 7. The molecule has 164 valence electrons. The standard InChI is InChI=1S/C22H21BrN6O3/c1-32-19-3-2-11(6-13(19)23)18(30)10-25-14-4-5-24-22(31)20(14)21-27-16-7-12-9-26-29-15(12)8-17(16)28-21/h2-9,18,21,27-28,30H,10H2,1H3,(H,26,29)(H2,24,25,31)/t18-,21?/m0/s1. The van der Waals surface area contributed by atoms with E-state index < -0.39 is 12.3 Å². The van der Waals surface area contributed by atoms with Crippen LogP contribution < -0.4 is 26.2 Å². The van der Waals surface area contributed by atoms with E-state index in [1.807, 2.05) is 24.3 Å².